The van der Waals surface area contributed by atoms with Crippen molar-refractivity contribution in [2.45, 2.75) is 183 Å². The Labute approximate surface area is 522 Å². The zero-order valence-corrected chi connectivity index (χ0v) is 51.5. The Balaban J connectivity index is 0.952. The van der Waals surface area contributed by atoms with Crippen LogP contribution in [0.4, 0.5) is 0 Å². The average Bonchev–Trinajstić information content (AvgIpc) is 0.952. The first-order valence-electron chi connectivity index (χ1n) is 33.4. The van der Waals surface area contributed by atoms with Crippen molar-refractivity contribution < 1.29 is 59.5 Å². The van der Waals surface area contributed by atoms with Gasteiger partial charge in [-0.15, -0.1) is 0 Å². The number of carbonyl (C=O) groups excluding carboxylic acids is 1. The smallest absolute Gasteiger partial charge is 0.226 e. The average molecular weight is 1230 g/mol. The molecule has 8 aliphatic heterocycles. The number of rotatable bonds is 11. The summed E-state index contributed by atoms with van der Waals surface area (Å²) >= 11 is 0. The standard InChI is InChI=1S/C73H84N4O13/c1-4-43-29-44(33-70(43)20-6-7-21-70)75-62-40-10-16-60(72(86,67(84)64(83)59(82)36-78)32-41-9-15-57(80)46-12-11-45(79)30-48(41)46)89-90-61-28-42-26-50-58(81)25-38(3)87-66(50)63-65(42)88-73(61)51(62)14-13-47(52(73)27-40)53-34-74-68(85)71(53)22-8-19-69(37-71)23-17-39(18-24-69)54-31-49-55(76-54)35-77(63)56(49)5-2/h9-17,23,25-27,30-31,35,39,43-44,47,51-53,59-62,64,67,75-76,78-80,82-84,86H,4-8,18-22,24,28-29,32-34,36-37H2,1-3H3,(H,74,85). The first-order chi connectivity index (χ1) is 43.4. The molecule has 14 aliphatic rings. The fraction of sp³-hybridized carbons (Fsp3) is 0.534. The number of ether oxygens (including phenoxy) is 1. The van der Waals surface area contributed by atoms with Crippen molar-refractivity contribution in [1.82, 2.24) is 20.2 Å². The lowest BCUT2D eigenvalue weighted by Crippen LogP contribution is -2.71. The lowest BCUT2D eigenvalue weighted by atomic mass is 9.49. The van der Waals surface area contributed by atoms with E-state index >= 15 is 4.79 Å². The van der Waals surface area contributed by atoms with Gasteiger partial charge in [0.05, 0.1) is 22.9 Å². The number of fused-ring (bicyclic) bond motifs is 5. The molecule has 3 aromatic carbocycles. The van der Waals surface area contributed by atoms with Crippen LogP contribution < -0.4 is 20.8 Å². The maximum Gasteiger partial charge on any atom is 0.226 e. The summed E-state index contributed by atoms with van der Waals surface area (Å²) in [6.45, 7) is 5.77. The van der Waals surface area contributed by atoms with Crippen LogP contribution in [0.1, 0.15) is 132 Å². The first kappa shape index (κ1) is 58.5. The molecule has 10 N–H and O–H groups in total. The number of aromatic amines is 1. The minimum Gasteiger partial charge on any atom is -0.508 e. The van der Waals surface area contributed by atoms with E-state index < -0.39 is 78.0 Å². The highest BCUT2D eigenvalue weighted by molar-refractivity contribution is 5.94. The highest BCUT2D eigenvalue weighted by Crippen LogP contribution is 2.65. The molecule has 13 bridgehead atoms. The number of nitrogens with one attached hydrogen (secondary N) is 3. The number of aromatic nitrogens is 2. The van der Waals surface area contributed by atoms with Crippen molar-refractivity contribution in [2.24, 2.45) is 45.8 Å². The van der Waals surface area contributed by atoms with Crippen molar-refractivity contribution in [3.8, 4) is 22.9 Å². The summed E-state index contributed by atoms with van der Waals surface area (Å²) in [4.78, 5) is 47.8. The number of phenols is 2. The van der Waals surface area contributed by atoms with Crippen LogP contribution in [0.15, 0.2) is 112 Å². The number of amides is 1. The molecule has 3 aromatic heterocycles. The van der Waals surface area contributed by atoms with Gasteiger partial charge in [0.1, 0.15) is 59.1 Å². The molecule has 6 aromatic rings. The van der Waals surface area contributed by atoms with Crippen LogP contribution in [0, 0.1) is 52.8 Å². The highest BCUT2D eigenvalue weighted by atomic mass is 17.2. The zero-order valence-electron chi connectivity index (χ0n) is 51.5. The van der Waals surface area contributed by atoms with Gasteiger partial charge in [-0.3, -0.25) is 9.59 Å². The second-order valence-corrected chi connectivity index (χ2v) is 29.1. The van der Waals surface area contributed by atoms with Gasteiger partial charge < -0.3 is 65.1 Å². The predicted octanol–water partition coefficient (Wildman–Crippen LogP) is 9.28. The van der Waals surface area contributed by atoms with Gasteiger partial charge in [-0.05, 0) is 159 Å². The summed E-state index contributed by atoms with van der Waals surface area (Å²) in [5.41, 5.74) is 1.00. The maximum absolute atomic E-state index is 15.2. The summed E-state index contributed by atoms with van der Waals surface area (Å²) in [7, 11) is 0. The Morgan fingerprint density at radius 2 is 1.73 bits per heavy atom. The van der Waals surface area contributed by atoms with E-state index in [-0.39, 0.29) is 63.9 Å². The summed E-state index contributed by atoms with van der Waals surface area (Å²) < 4.78 is 17.4. The van der Waals surface area contributed by atoms with E-state index in [0.29, 0.717) is 75.4 Å². The van der Waals surface area contributed by atoms with E-state index in [2.05, 4.69) is 76.7 Å². The lowest BCUT2D eigenvalue weighted by Gasteiger charge is -2.60. The molecule has 17 unspecified atom stereocenters. The number of phenolic OH excluding ortho intramolecular Hbond substituents is 2. The zero-order chi connectivity index (χ0) is 62.0. The van der Waals surface area contributed by atoms with Crippen LogP contribution in [0.5, 0.6) is 17.2 Å². The number of hydrogen-bond acceptors (Lipinski definition) is 14. The number of aliphatic hydroxyl groups is 5. The van der Waals surface area contributed by atoms with Crippen molar-refractivity contribution >= 4 is 38.6 Å². The molecule has 17 atom stereocenters. The van der Waals surface area contributed by atoms with E-state index in [9.17, 15) is 40.5 Å². The Morgan fingerprint density at radius 3 is 2.52 bits per heavy atom. The van der Waals surface area contributed by atoms with Gasteiger partial charge in [-0.25, -0.2) is 9.78 Å². The van der Waals surface area contributed by atoms with E-state index in [1.54, 1.807) is 25.1 Å². The molecule has 474 valence electrons. The third-order valence-electron chi connectivity index (χ3n) is 24.6. The SMILES string of the molecule is CCc1c2cc3[nH]c2cn1-c1c2c(cc4c(=O)cc(C)oc14)CC1OOC(C(O)(Cc4ccc(O)c5ccc(O)cc45)C(O)C(O)C(O)CO)C=CC4=CC5C(C=CC(C4NC4CC(CC)C6(CCCC6)C4)C15O2)C1CNC(=O)C12CCCC1(C=CC3CC1)C2. The fourth-order valence-corrected chi connectivity index (χ4v) is 20.4. The van der Waals surface area contributed by atoms with Crippen molar-refractivity contribution in [3.05, 3.63) is 141 Å². The Hall–Kier alpha value is -6.54. The van der Waals surface area contributed by atoms with Crippen molar-refractivity contribution in [1.29, 1.82) is 0 Å². The molecular weight excluding hydrogens is 1140 g/mol. The molecule has 1 amide bonds. The number of benzene rings is 3. The number of carbonyl (C=O) groups is 1. The topological polar surface area (TPSA) is 261 Å². The summed E-state index contributed by atoms with van der Waals surface area (Å²) in [5, 5.41) is 91.4. The van der Waals surface area contributed by atoms with Crippen molar-refractivity contribution in [3.63, 3.8) is 0 Å². The molecule has 90 heavy (non-hydrogen) atoms. The van der Waals surface area contributed by atoms with Crippen LogP contribution in [-0.2, 0) is 33.8 Å². The summed E-state index contributed by atoms with van der Waals surface area (Å²) in [6.07, 6.45) is 21.9. The molecule has 0 radical (unpaired) electrons. The normalized spacial score (nSPS) is 34.4. The summed E-state index contributed by atoms with van der Waals surface area (Å²) in [5.74, 6) is 0.0585. The predicted molar refractivity (Wildman–Crippen MR) is 338 cm³/mol. The van der Waals surface area contributed by atoms with E-state index in [1.807, 2.05) is 12.1 Å². The van der Waals surface area contributed by atoms with E-state index in [4.69, 9.17) is 18.9 Å². The highest BCUT2D eigenvalue weighted by Gasteiger charge is 2.68. The summed E-state index contributed by atoms with van der Waals surface area (Å²) in [6, 6.07) is 12.7. The Bertz CT molecular complexity index is 4090. The van der Waals surface area contributed by atoms with Gasteiger partial charge in [0.25, 0.3) is 0 Å². The van der Waals surface area contributed by atoms with Crippen LogP contribution in [-0.4, -0.2) is 118 Å². The Kier molecular flexibility index (Phi) is 13.8. The van der Waals surface area contributed by atoms with Crippen LogP contribution in [0.2, 0.25) is 0 Å². The van der Waals surface area contributed by atoms with E-state index in [1.165, 1.54) is 49.9 Å². The number of allylic oxidation sites excluding steroid dienone is 3. The number of H-pyrrole nitrogens is 1. The number of aryl methyl sites for hydroxylation is 2. The molecule has 6 aliphatic carbocycles. The first-order valence-corrected chi connectivity index (χ1v) is 33.4. The van der Waals surface area contributed by atoms with Crippen molar-refractivity contribution in [2.75, 3.05) is 13.2 Å². The Morgan fingerprint density at radius 1 is 0.889 bits per heavy atom. The molecule has 17 heteroatoms. The minimum atomic E-state index is -2.60. The second kappa shape index (κ2) is 21.3. The number of aliphatic hydroxyl groups excluding tert-OH is 4. The fourth-order valence-electron chi connectivity index (χ4n) is 20.4. The largest absolute Gasteiger partial charge is 0.508 e. The second-order valence-electron chi connectivity index (χ2n) is 29.1. The van der Waals surface area contributed by atoms with Gasteiger partial charge in [0.2, 0.25) is 5.91 Å². The monoisotopic (exact) mass is 1220 g/mol. The minimum absolute atomic E-state index is 0.0899. The van der Waals surface area contributed by atoms with Gasteiger partial charge in [0, 0.05) is 89.2 Å². The van der Waals surface area contributed by atoms with Gasteiger partial charge in [-0.1, -0.05) is 82.1 Å². The molecule has 3 saturated carbocycles. The third-order valence-corrected chi connectivity index (χ3v) is 24.6. The van der Waals surface area contributed by atoms with Crippen LogP contribution in [0.25, 0.3) is 38.3 Å². The molecule has 1 saturated heterocycles. The molecule has 4 spiro atoms. The molecular formula is C73H84N4O13. The molecule has 4 fully saturated rings. The number of nitrogens with zero attached hydrogens (tertiary/aromatic N) is 1. The van der Waals surface area contributed by atoms with E-state index in [0.717, 1.165) is 79.2 Å². The number of hydrogen-bond donors (Lipinski definition) is 10. The maximum atomic E-state index is 15.2. The number of aromatic hydroxyl groups is 2. The van der Waals surface area contributed by atoms with Gasteiger partial charge in [0.15, 0.2) is 22.4 Å². The van der Waals surface area contributed by atoms with Gasteiger partial charge >= 0.3 is 0 Å². The molecule has 17 nitrogen and oxygen atoms in total. The van der Waals surface area contributed by atoms with Gasteiger partial charge in [-0.2, -0.15) is 0 Å². The third kappa shape index (κ3) is 8.61. The molecule has 11 heterocycles. The quantitative estimate of drug-likeness (QED) is 0.0428. The molecule has 20 rings (SSSR count). The lowest BCUT2D eigenvalue weighted by molar-refractivity contribution is -0.398. The van der Waals surface area contributed by atoms with Crippen LogP contribution >= 0.6 is 0 Å². The van der Waals surface area contributed by atoms with Crippen LogP contribution in [0.3, 0.4) is 0 Å².